The molecule has 0 saturated heterocycles. The van der Waals surface area contributed by atoms with Crippen molar-refractivity contribution in [3.05, 3.63) is 30.8 Å². The van der Waals surface area contributed by atoms with Crippen molar-refractivity contribution < 1.29 is 67.1 Å². The molecule has 0 radical (unpaired) electrons. The van der Waals surface area contributed by atoms with Crippen LogP contribution < -0.4 is 0 Å². The SMILES string of the molecule is B#N.B#N.B#N.[N-3].[N-3].[N-3].[N-3].[N-3].[Ta+5].[Ta+5].[Ta+5]. The smallest absolute Gasteiger partial charge is 3.00 e. The topological polar surface area (TPSA) is 224 Å². The first-order valence-corrected chi connectivity index (χ1v) is 0.775. The van der Waals surface area contributed by atoms with E-state index >= 15 is 0 Å². The Morgan fingerprint density at radius 2 is 0.357 bits per heavy atom. The van der Waals surface area contributed by atoms with Crippen molar-refractivity contribution >= 4 is 22.5 Å². The van der Waals surface area contributed by atoms with Crippen molar-refractivity contribution in [2.24, 2.45) is 0 Å². The largest absolute Gasteiger partial charge is 5.00 e. The second-order valence-corrected chi connectivity index (χ2v) is 0. The van der Waals surface area contributed by atoms with Crippen LogP contribution >= 0.6 is 0 Å². The summed E-state index contributed by atoms with van der Waals surface area (Å²) in [7, 11) is 10.5. The summed E-state index contributed by atoms with van der Waals surface area (Å²) in [6.07, 6.45) is 0. The van der Waals surface area contributed by atoms with Gasteiger partial charge in [0.25, 0.3) is 0 Å². The molecule has 0 fully saturated rings. The van der Waals surface area contributed by atoms with Crippen LogP contribution in [0, 0.1) is 15.5 Å². The van der Waals surface area contributed by atoms with Crippen LogP contribution in [0.25, 0.3) is 30.8 Å². The summed E-state index contributed by atoms with van der Waals surface area (Å²) in [6.45, 7) is 0. The normalized spacial score (nSPS) is 1.07. The first-order valence-electron chi connectivity index (χ1n) is 0.775. The van der Waals surface area contributed by atoms with E-state index in [1.54, 1.807) is 0 Å². The molecule has 0 amide bonds. The van der Waals surface area contributed by atoms with E-state index < -0.39 is 0 Å². The minimum absolute atomic E-state index is 0. The molecular formula is B3N8Ta3. The van der Waals surface area contributed by atoms with Gasteiger partial charge in [0.15, 0.2) is 0 Å². The van der Waals surface area contributed by atoms with E-state index in [2.05, 4.69) is 22.5 Å². The standard InChI is InChI=1S/3BN.5N.3Ta/c3*1-2;;;;;;;;/q;;;5*-3;3*+5. The summed E-state index contributed by atoms with van der Waals surface area (Å²) >= 11 is 0. The summed E-state index contributed by atoms with van der Waals surface area (Å²) in [4.78, 5) is 0. The van der Waals surface area contributed by atoms with Crippen molar-refractivity contribution in [2.45, 2.75) is 0 Å². The molecule has 14 heteroatoms. The number of hydrogen-bond acceptors (Lipinski definition) is 3. The van der Waals surface area contributed by atoms with E-state index in [1.165, 1.54) is 0 Å². The molecule has 0 rings (SSSR count). The van der Waals surface area contributed by atoms with Crippen LogP contribution in [0.15, 0.2) is 0 Å². The first-order chi connectivity index (χ1) is 3.00. The van der Waals surface area contributed by atoms with E-state index in [9.17, 15) is 0 Å². The van der Waals surface area contributed by atoms with Gasteiger partial charge in [0.05, 0.1) is 0 Å². The van der Waals surface area contributed by atoms with Gasteiger partial charge in [-0.05, 0) is 0 Å². The van der Waals surface area contributed by atoms with E-state index in [1.807, 2.05) is 0 Å². The van der Waals surface area contributed by atoms with Crippen LogP contribution in [0.2, 0.25) is 0 Å². The van der Waals surface area contributed by atoms with Crippen LogP contribution in [0.1, 0.15) is 0 Å². The molecule has 0 unspecified atom stereocenters. The van der Waals surface area contributed by atoms with Gasteiger partial charge in [-0.15, -0.1) is 0 Å². The van der Waals surface area contributed by atoms with Crippen LogP contribution in [0.3, 0.4) is 0 Å². The Balaban J connectivity index is -0.000000000833. The third-order valence-corrected chi connectivity index (χ3v) is 0. The molecule has 0 aliphatic carbocycles. The predicted octanol–water partition coefficient (Wildman–Crippen LogP) is 0.339. The molecular weight excluding hydrogens is 687 g/mol. The Hall–Kier alpha value is 1.35. The van der Waals surface area contributed by atoms with E-state index in [0.717, 1.165) is 0 Å². The summed E-state index contributed by atoms with van der Waals surface area (Å²) in [5.74, 6) is 0. The van der Waals surface area contributed by atoms with Crippen molar-refractivity contribution in [3.63, 3.8) is 0 Å². The van der Waals surface area contributed by atoms with Gasteiger partial charge in [-0.2, -0.15) is 0 Å². The summed E-state index contributed by atoms with van der Waals surface area (Å²) in [5, 5.41) is 19.5. The molecule has 0 N–H and O–H groups in total. The number of nitrogens with zero attached hydrogens (tertiary/aromatic N) is 8. The Labute approximate surface area is 135 Å². The molecule has 0 aromatic heterocycles. The van der Waals surface area contributed by atoms with Gasteiger partial charge in [0.1, 0.15) is 0 Å². The van der Waals surface area contributed by atoms with E-state index in [-0.39, 0.29) is 97.9 Å². The maximum absolute atomic E-state index is 6.50. The fourth-order valence-corrected chi connectivity index (χ4v) is 0. The molecule has 0 aromatic rings. The van der Waals surface area contributed by atoms with Gasteiger partial charge in [0.2, 0.25) is 0 Å². The fraction of sp³-hybridized carbons (Fsp3) is 0. The fourth-order valence-electron chi connectivity index (χ4n) is 0. The van der Waals surface area contributed by atoms with Gasteiger partial charge >= 0.3 is 105 Å². The molecule has 0 aromatic carbocycles. The molecule has 0 heterocycles. The van der Waals surface area contributed by atoms with Crippen LogP contribution in [0.5, 0.6) is 0 Å². The molecule has 0 spiro atoms. The molecule has 0 aliphatic heterocycles. The second kappa shape index (κ2) is 1410. The number of hydrogen-bond donors (Lipinski definition) is 0. The van der Waals surface area contributed by atoms with Gasteiger partial charge in [0, 0.05) is 0 Å². The quantitative estimate of drug-likeness (QED) is 0.329. The van der Waals surface area contributed by atoms with Gasteiger partial charge in [-0.25, -0.2) is 0 Å². The Morgan fingerprint density at radius 3 is 0.357 bits per heavy atom. The molecule has 0 atom stereocenters. The Bertz CT molecular complexity index is 48.3. The molecule has 0 bridgehead atoms. The summed E-state index contributed by atoms with van der Waals surface area (Å²) < 4.78 is 0. The van der Waals surface area contributed by atoms with Gasteiger partial charge < -0.3 is 30.8 Å². The second-order valence-electron chi connectivity index (χ2n) is 0. The van der Waals surface area contributed by atoms with Crippen LogP contribution in [-0.2, 0) is 67.1 Å². The van der Waals surface area contributed by atoms with Crippen LogP contribution in [0.4, 0.5) is 0 Å². The maximum atomic E-state index is 6.50. The van der Waals surface area contributed by atoms with E-state index in [0.29, 0.717) is 0 Å². The molecule has 0 saturated carbocycles. The van der Waals surface area contributed by atoms with Gasteiger partial charge in [-0.1, -0.05) is 0 Å². The zero-order chi connectivity index (χ0) is 6.00. The molecule has 8 nitrogen and oxygen atoms in total. The average Bonchev–Trinajstić information content (AvgIpc) is 1.81. The van der Waals surface area contributed by atoms with E-state index in [4.69, 9.17) is 15.5 Å². The van der Waals surface area contributed by atoms with Crippen molar-refractivity contribution in [3.8, 4) is 0 Å². The van der Waals surface area contributed by atoms with Crippen molar-refractivity contribution in [1.82, 2.24) is 0 Å². The third kappa shape index (κ3) is 1120. The first kappa shape index (κ1) is 167. The summed E-state index contributed by atoms with van der Waals surface area (Å²) in [5.41, 5.74) is 0. The molecule has 64 valence electrons. The Morgan fingerprint density at radius 1 is 0.357 bits per heavy atom. The van der Waals surface area contributed by atoms with Gasteiger partial charge in [-0.3, -0.25) is 0 Å². The average molecular weight is 687 g/mol. The zero-order valence-electron chi connectivity index (χ0n) is 6.65. The van der Waals surface area contributed by atoms with Crippen molar-refractivity contribution in [1.29, 1.82) is 15.5 Å². The minimum atomic E-state index is 0. The Kier molecular flexibility index (Phi) is 16900. The number of rotatable bonds is 0. The maximum Gasteiger partial charge on any atom is 5.00 e. The summed E-state index contributed by atoms with van der Waals surface area (Å²) in [6, 6.07) is 0. The molecule has 14 heavy (non-hydrogen) atoms. The van der Waals surface area contributed by atoms with Crippen LogP contribution in [-0.4, -0.2) is 22.5 Å². The zero-order valence-corrected chi connectivity index (χ0v) is 16.3. The monoisotopic (exact) mass is 688 g/mol. The van der Waals surface area contributed by atoms with Crippen molar-refractivity contribution in [2.75, 3.05) is 0 Å². The minimum Gasteiger partial charge on any atom is -3.00 e. The molecule has 0 aliphatic rings. The predicted molar refractivity (Wildman–Crippen MR) is 39.2 cm³/mol. The third-order valence-electron chi connectivity index (χ3n) is 0.